The van der Waals surface area contributed by atoms with Crippen LogP contribution in [0.2, 0.25) is 20.1 Å². The van der Waals surface area contributed by atoms with Crippen LogP contribution in [0.25, 0.3) is 0 Å². The Bertz CT molecular complexity index is 1040. The topological polar surface area (TPSA) is 42.8 Å². The molecule has 0 aliphatic rings. The molecule has 0 heterocycles. The van der Waals surface area contributed by atoms with Gasteiger partial charge in [0, 0.05) is 15.6 Å². The van der Waals surface area contributed by atoms with Crippen LogP contribution in [-0.4, -0.2) is 13.3 Å². The van der Waals surface area contributed by atoms with E-state index in [4.69, 9.17) is 55.9 Å². The van der Waals surface area contributed by atoms with Gasteiger partial charge in [0.15, 0.2) is 11.5 Å². The minimum atomic E-state index is 0.334. The van der Waals surface area contributed by atoms with Crippen molar-refractivity contribution in [2.24, 2.45) is 5.10 Å². The minimum absolute atomic E-state index is 0.334. The lowest BCUT2D eigenvalue weighted by Crippen LogP contribution is -2.06. The van der Waals surface area contributed by atoms with Gasteiger partial charge in [-0.15, -0.1) is 0 Å². The van der Waals surface area contributed by atoms with Crippen molar-refractivity contribution in [3.8, 4) is 11.5 Å². The number of nitrogens with zero attached hydrogens (tertiary/aromatic N) is 1. The Morgan fingerprint density at radius 1 is 0.867 bits per heavy atom. The van der Waals surface area contributed by atoms with Crippen molar-refractivity contribution in [2.45, 2.75) is 13.2 Å². The van der Waals surface area contributed by atoms with Crippen molar-refractivity contribution >= 4 is 52.6 Å². The van der Waals surface area contributed by atoms with Crippen LogP contribution in [0, 0.1) is 0 Å². The van der Waals surface area contributed by atoms with Crippen LogP contribution < -0.4 is 14.9 Å². The molecule has 0 saturated carbocycles. The Kier molecular flexibility index (Phi) is 8.11. The lowest BCUT2D eigenvalue weighted by atomic mass is 10.2. The van der Waals surface area contributed by atoms with Crippen LogP contribution in [0.3, 0.4) is 0 Å². The molecule has 0 spiro atoms. The number of methoxy groups -OCH3 is 1. The smallest absolute Gasteiger partial charge is 0.161 e. The lowest BCUT2D eigenvalue weighted by Gasteiger charge is -2.12. The molecule has 30 heavy (non-hydrogen) atoms. The molecule has 0 amide bonds. The first-order valence-corrected chi connectivity index (χ1v) is 10.4. The van der Waals surface area contributed by atoms with Gasteiger partial charge in [-0.1, -0.05) is 58.5 Å². The largest absolute Gasteiger partial charge is 0.493 e. The van der Waals surface area contributed by atoms with E-state index in [2.05, 4.69) is 10.5 Å². The van der Waals surface area contributed by atoms with Gasteiger partial charge in [0.05, 0.1) is 29.9 Å². The SMILES string of the molecule is COc1cc(/C=N\NCc2c(Cl)cccc2Cl)ccc1OCc1ccc(Cl)c(Cl)c1. The second kappa shape index (κ2) is 10.8. The Morgan fingerprint density at radius 2 is 1.63 bits per heavy atom. The quantitative estimate of drug-likeness (QED) is 0.276. The van der Waals surface area contributed by atoms with E-state index in [-0.39, 0.29) is 0 Å². The van der Waals surface area contributed by atoms with E-state index in [0.29, 0.717) is 44.7 Å². The van der Waals surface area contributed by atoms with E-state index in [1.165, 1.54) is 0 Å². The molecular weight excluding hydrogens is 466 g/mol. The molecule has 8 heteroatoms. The highest BCUT2D eigenvalue weighted by Gasteiger charge is 2.07. The molecule has 0 radical (unpaired) electrons. The predicted molar refractivity (Wildman–Crippen MR) is 125 cm³/mol. The molecule has 4 nitrogen and oxygen atoms in total. The summed E-state index contributed by atoms with van der Waals surface area (Å²) < 4.78 is 11.3. The van der Waals surface area contributed by atoms with E-state index in [1.54, 1.807) is 43.7 Å². The molecule has 0 bridgehead atoms. The Balaban J connectivity index is 1.61. The van der Waals surface area contributed by atoms with Gasteiger partial charge in [-0.05, 0) is 53.6 Å². The summed E-state index contributed by atoms with van der Waals surface area (Å²) in [5, 5.41) is 6.40. The number of rotatable bonds is 8. The van der Waals surface area contributed by atoms with Crippen LogP contribution in [0.15, 0.2) is 59.7 Å². The van der Waals surface area contributed by atoms with Gasteiger partial charge in [0.25, 0.3) is 0 Å². The fourth-order valence-corrected chi connectivity index (χ4v) is 3.47. The fourth-order valence-electron chi connectivity index (χ4n) is 2.62. The van der Waals surface area contributed by atoms with Crippen molar-refractivity contribution in [3.63, 3.8) is 0 Å². The summed E-state index contributed by atoms with van der Waals surface area (Å²) in [6.45, 7) is 0.748. The molecule has 3 aromatic rings. The van der Waals surface area contributed by atoms with Crippen LogP contribution in [-0.2, 0) is 13.2 Å². The molecule has 0 aliphatic heterocycles. The third-order valence-corrected chi connectivity index (χ3v) is 5.64. The highest BCUT2D eigenvalue weighted by molar-refractivity contribution is 6.42. The van der Waals surface area contributed by atoms with E-state index < -0.39 is 0 Å². The molecule has 1 N–H and O–H groups in total. The standard InChI is InChI=1S/C22H18Cl4N2O2/c1-29-22-10-14(11-27-28-12-16-17(23)3-2-4-18(16)24)6-8-21(22)30-13-15-5-7-19(25)20(26)9-15/h2-11,28H,12-13H2,1H3/b27-11-. The highest BCUT2D eigenvalue weighted by atomic mass is 35.5. The maximum atomic E-state index is 6.15. The number of hydrazone groups is 1. The van der Waals surface area contributed by atoms with Gasteiger partial charge < -0.3 is 14.9 Å². The van der Waals surface area contributed by atoms with E-state index in [1.807, 2.05) is 24.3 Å². The fraction of sp³-hybridized carbons (Fsp3) is 0.136. The normalized spacial score (nSPS) is 11.0. The average molecular weight is 484 g/mol. The Hall–Kier alpha value is -2.11. The summed E-state index contributed by atoms with van der Waals surface area (Å²) in [6, 6.07) is 16.3. The summed E-state index contributed by atoms with van der Waals surface area (Å²) in [6.07, 6.45) is 1.68. The summed E-state index contributed by atoms with van der Waals surface area (Å²) in [4.78, 5) is 0. The van der Waals surface area contributed by atoms with Crippen LogP contribution in [0.4, 0.5) is 0 Å². The van der Waals surface area contributed by atoms with Crippen molar-refractivity contribution in [2.75, 3.05) is 7.11 Å². The first kappa shape index (κ1) is 22.6. The summed E-state index contributed by atoms with van der Waals surface area (Å²) in [7, 11) is 1.58. The lowest BCUT2D eigenvalue weighted by molar-refractivity contribution is 0.284. The molecule has 156 valence electrons. The average Bonchev–Trinajstić information content (AvgIpc) is 2.74. The number of benzene rings is 3. The van der Waals surface area contributed by atoms with Crippen LogP contribution in [0.5, 0.6) is 11.5 Å². The third-order valence-electron chi connectivity index (χ3n) is 4.19. The minimum Gasteiger partial charge on any atom is -0.493 e. The molecule has 0 aliphatic carbocycles. The highest BCUT2D eigenvalue weighted by Crippen LogP contribution is 2.29. The van der Waals surface area contributed by atoms with Gasteiger partial charge in [0.1, 0.15) is 6.61 Å². The van der Waals surface area contributed by atoms with Crippen molar-refractivity contribution in [1.29, 1.82) is 0 Å². The van der Waals surface area contributed by atoms with Crippen LogP contribution >= 0.6 is 46.4 Å². The second-order valence-electron chi connectivity index (χ2n) is 6.24. The zero-order valence-electron chi connectivity index (χ0n) is 16.0. The first-order valence-electron chi connectivity index (χ1n) is 8.91. The summed E-state index contributed by atoms with van der Waals surface area (Å²) in [5.74, 6) is 1.20. The van der Waals surface area contributed by atoms with Gasteiger partial charge >= 0.3 is 0 Å². The van der Waals surface area contributed by atoms with E-state index in [9.17, 15) is 0 Å². The predicted octanol–water partition coefficient (Wildman–Crippen LogP) is 7.01. The van der Waals surface area contributed by atoms with Crippen molar-refractivity contribution in [3.05, 3.63) is 91.4 Å². The van der Waals surface area contributed by atoms with E-state index >= 15 is 0 Å². The number of halogens is 4. The second-order valence-corrected chi connectivity index (χ2v) is 7.87. The zero-order chi connectivity index (χ0) is 21.5. The van der Waals surface area contributed by atoms with Gasteiger partial charge in [-0.25, -0.2) is 0 Å². The Labute approximate surface area is 195 Å². The molecule has 0 fully saturated rings. The first-order chi connectivity index (χ1) is 14.5. The van der Waals surface area contributed by atoms with E-state index in [0.717, 1.165) is 16.7 Å². The van der Waals surface area contributed by atoms with Gasteiger partial charge in [-0.2, -0.15) is 5.10 Å². The van der Waals surface area contributed by atoms with Crippen molar-refractivity contribution < 1.29 is 9.47 Å². The van der Waals surface area contributed by atoms with Gasteiger partial charge in [0.2, 0.25) is 0 Å². The van der Waals surface area contributed by atoms with Gasteiger partial charge in [-0.3, -0.25) is 0 Å². The third kappa shape index (κ3) is 5.96. The maximum Gasteiger partial charge on any atom is 0.161 e. The zero-order valence-corrected chi connectivity index (χ0v) is 19.0. The monoisotopic (exact) mass is 482 g/mol. The molecule has 3 aromatic carbocycles. The molecule has 0 atom stereocenters. The molecule has 0 aromatic heterocycles. The summed E-state index contributed by atoms with van der Waals surface area (Å²) in [5.41, 5.74) is 5.48. The number of hydrogen-bond acceptors (Lipinski definition) is 4. The maximum absolute atomic E-state index is 6.15. The molecular formula is C22H18Cl4N2O2. The Morgan fingerprint density at radius 3 is 2.33 bits per heavy atom. The molecule has 3 rings (SSSR count). The number of nitrogens with one attached hydrogen (secondary N) is 1. The molecule has 0 unspecified atom stereocenters. The van der Waals surface area contributed by atoms with Crippen LogP contribution in [0.1, 0.15) is 16.7 Å². The summed E-state index contributed by atoms with van der Waals surface area (Å²) >= 11 is 24.3. The van der Waals surface area contributed by atoms with Crippen molar-refractivity contribution in [1.82, 2.24) is 5.43 Å². The molecule has 0 saturated heterocycles. The number of ether oxygens (including phenoxy) is 2. The number of hydrogen-bond donors (Lipinski definition) is 1.